The number of carbonyl (C=O) groups excluding carboxylic acids is 1. The van der Waals surface area contributed by atoms with Crippen LogP contribution < -0.4 is 5.32 Å². The Labute approximate surface area is 124 Å². The Hall–Kier alpha value is -1.44. The molecule has 1 aromatic rings. The van der Waals surface area contributed by atoms with Crippen LogP contribution in [0, 0.1) is 0 Å². The molecule has 2 N–H and O–H groups in total. The van der Waals surface area contributed by atoms with Crippen molar-refractivity contribution < 1.29 is 18.3 Å². The fourth-order valence-electron chi connectivity index (χ4n) is 2.53. The molecule has 0 aliphatic carbocycles. The van der Waals surface area contributed by atoms with Crippen LogP contribution in [-0.4, -0.2) is 50.0 Å². The number of sulfonamides is 1. The van der Waals surface area contributed by atoms with Gasteiger partial charge in [-0.1, -0.05) is 6.42 Å². The van der Waals surface area contributed by atoms with E-state index in [9.17, 15) is 18.3 Å². The summed E-state index contributed by atoms with van der Waals surface area (Å²) in [4.78, 5) is 11.6. The van der Waals surface area contributed by atoms with Crippen LogP contribution in [0.15, 0.2) is 29.2 Å². The van der Waals surface area contributed by atoms with Crippen molar-refractivity contribution in [2.24, 2.45) is 0 Å². The Morgan fingerprint density at radius 2 is 2.00 bits per heavy atom. The van der Waals surface area contributed by atoms with Crippen LogP contribution in [0.1, 0.15) is 29.6 Å². The lowest BCUT2D eigenvalue weighted by Crippen LogP contribution is -2.45. The largest absolute Gasteiger partial charge is 0.395 e. The van der Waals surface area contributed by atoms with Crippen molar-refractivity contribution in [1.29, 1.82) is 0 Å². The molecule has 21 heavy (non-hydrogen) atoms. The van der Waals surface area contributed by atoms with Crippen molar-refractivity contribution in [2.75, 3.05) is 20.2 Å². The van der Waals surface area contributed by atoms with Gasteiger partial charge in [-0.05, 0) is 37.1 Å². The van der Waals surface area contributed by atoms with Gasteiger partial charge in [-0.15, -0.1) is 0 Å². The van der Waals surface area contributed by atoms with Gasteiger partial charge in [-0.25, -0.2) is 8.42 Å². The zero-order valence-electron chi connectivity index (χ0n) is 11.9. The van der Waals surface area contributed by atoms with E-state index in [0.29, 0.717) is 18.5 Å². The number of nitrogens with one attached hydrogen (secondary N) is 1. The molecule has 0 spiro atoms. The molecule has 2 rings (SSSR count). The van der Waals surface area contributed by atoms with Crippen molar-refractivity contribution in [3.05, 3.63) is 29.8 Å². The molecule has 0 saturated carbocycles. The number of aliphatic hydroxyl groups is 1. The van der Waals surface area contributed by atoms with Crippen molar-refractivity contribution in [2.45, 2.75) is 30.2 Å². The lowest BCUT2D eigenvalue weighted by Gasteiger charge is -2.33. The van der Waals surface area contributed by atoms with Crippen LogP contribution in [0.4, 0.5) is 0 Å². The van der Waals surface area contributed by atoms with Crippen molar-refractivity contribution in [3.63, 3.8) is 0 Å². The molecular weight excluding hydrogens is 292 g/mol. The minimum absolute atomic E-state index is 0.149. The number of amides is 1. The van der Waals surface area contributed by atoms with E-state index in [0.717, 1.165) is 12.8 Å². The maximum absolute atomic E-state index is 12.6. The summed E-state index contributed by atoms with van der Waals surface area (Å²) < 4.78 is 26.6. The Morgan fingerprint density at radius 1 is 1.33 bits per heavy atom. The van der Waals surface area contributed by atoms with E-state index < -0.39 is 10.0 Å². The second kappa shape index (κ2) is 6.55. The van der Waals surface area contributed by atoms with E-state index >= 15 is 0 Å². The predicted molar refractivity (Wildman–Crippen MR) is 78.4 cm³/mol. The summed E-state index contributed by atoms with van der Waals surface area (Å²) in [5, 5.41) is 11.8. The fraction of sp³-hybridized carbons (Fsp3) is 0.500. The monoisotopic (exact) mass is 312 g/mol. The summed E-state index contributed by atoms with van der Waals surface area (Å²) in [6.07, 6.45) is 2.39. The van der Waals surface area contributed by atoms with Gasteiger partial charge in [0.2, 0.25) is 10.0 Å². The molecule has 7 heteroatoms. The van der Waals surface area contributed by atoms with Crippen LogP contribution in [-0.2, 0) is 10.0 Å². The van der Waals surface area contributed by atoms with E-state index in [1.165, 1.54) is 35.6 Å². The molecule has 1 fully saturated rings. The van der Waals surface area contributed by atoms with Gasteiger partial charge >= 0.3 is 0 Å². The van der Waals surface area contributed by atoms with E-state index in [2.05, 4.69) is 5.32 Å². The van der Waals surface area contributed by atoms with Crippen molar-refractivity contribution in [3.8, 4) is 0 Å². The number of rotatable bonds is 4. The summed E-state index contributed by atoms with van der Waals surface area (Å²) in [6.45, 7) is 0.250. The Balaban J connectivity index is 2.28. The molecule has 6 nitrogen and oxygen atoms in total. The number of benzene rings is 1. The van der Waals surface area contributed by atoms with Gasteiger partial charge < -0.3 is 10.4 Å². The predicted octanol–water partition coefficient (Wildman–Crippen LogP) is 0.582. The minimum Gasteiger partial charge on any atom is -0.395 e. The third-order valence-electron chi connectivity index (χ3n) is 3.73. The van der Waals surface area contributed by atoms with E-state index in [4.69, 9.17) is 0 Å². The minimum atomic E-state index is -3.63. The Kier molecular flexibility index (Phi) is 4.97. The summed E-state index contributed by atoms with van der Waals surface area (Å²) in [5.41, 5.74) is 0.411. The van der Waals surface area contributed by atoms with Gasteiger partial charge in [0, 0.05) is 25.2 Å². The first-order valence-corrected chi connectivity index (χ1v) is 8.39. The molecule has 1 saturated heterocycles. The van der Waals surface area contributed by atoms with E-state index in [-0.39, 0.29) is 23.5 Å². The standard InChI is InChI=1S/C14H20N2O4S/c1-15-14(18)11-5-7-13(8-6-11)21(19,20)16-9-3-2-4-12(16)10-17/h5-8,12,17H,2-4,9-10H2,1H3,(H,15,18). The zero-order chi connectivity index (χ0) is 15.5. The summed E-state index contributed by atoms with van der Waals surface area (Å²) in [7, 11) is -2.11. The van der Waals surface area contributed by atoms with Crippen LogP contribution in [0.3, 0.4) is 0 Å². The highest BCUT2D eigenvalue weighted by Gasteiger charge is 2.32. The van der Waals surface area contributed by atoms with Gasteiger partial charge in [0.15, 0.2) is 0 Å². The van der Waals surface area contributed by atoms with Crippen molar-refractivity contribution >= 4 is 15.9 Å². The molecule has 1 aliphatic rings. The lowest BCUT2D eigenvalue weighted by molar-refractivity contribution is 0.0963. The number of nitrogens with zero attached hydrogens (tertiary/aromatic N) is 1. The molecule has 1 unspecified atom stereocenters. The van der Waals surface area contributed by atoms with Gasteiger partial charge in [-0.3, -0.25) is 4.79 Å². The molecule has 1 aromatic carbocycles. The summed E-state index contributed by atoms with van der Waals surface area (Å²) in [5.74, 6) is -0.259. The summed E-state index contributed by atoms with van der Waals surface area (Å²) >= 11 is 0. The highest BCUT2D eigenvalue weighted by Crippen LogP contribution is 2.25. The third kappa shape index (κ3) is 3.25. The lowest BCUT2D eigenvalue weighted by atomic mass is 10.1. The number of carbonyl (C=O) groups is 1. The van der Waals surface area contributed by atoms with E-state index in [1.54, 1.807) is 0 Å². The number of hydrogen-bond donors (Lipinski definition) is 2. The maximum atomic E-state index is 12.6. The number of hydrogen-bond acceptors (Lipinski definition) is 4. The smallest absolute Gasteiger partial charge is 0.251 e. The fourth-order valence-corrected chi connectivity index (χ4v) is 4.22. The van der Waals surface area contributed by atoms with Crippen LogP contribution >= 0.6 is 0 Å². The van der Waals surface area contributed by atoms with Crippen molar-refractivity contribution in [1.82, 2.24) is 9.62 Å². The number of aliphatic hydroxyl groups excluding tert-OH is 1. The summed E-state index contributed by atoms with van der Waals surface area (Å²) in [6, 6.07) is 5.49. The molecule has 0 radical (unpaired) electrons. The maximum Gasteiger partial charge on any atom is 0.251 e. The molecule has 1 amide bonds. The SMILES string of the molecule is CNC(=O)c1ccc(S(=O)(=O)N2CCCCC2CO)cc1. The second-order valence-electron chi connectivity index (χ2n) is 5.05. The highest BCUT2D eigenvalue weighted by molar-refractivity contribution is 7.89. The average Bonchev–Trinajstić information content (AvgIpc) is 2.54. The first kappa shape index (κ1) is 15.9. The Morgan fingerprint density at radius 3 is 2.57 bits per heavy atom. The van der Waals surface area contributed by atoms with Gasteiger partial charge in [0.1, 0.15) is 0 Å². The van der Waals surface area contributed by atoms with Crippen LogP contribution in [0.2, 0.25) is 0 Å². The quantitative estimate of drug-likeness (QED) is 0.851. The molecule has 116 valence electrons. The molecule has 0 bridgehead atoms. The van der Waals surface area contributed by atoms with E-state index in [1.807, 2.05) is 0 Å². The first-order valence-electron chi connectivity index (χ1n) is 6.95. The molecular formula is C14H20N2O4S. The zero-order valence-corrected chi connectivity index (χ0v) is 12.8. The molecule has 0 aromatic heterocycles. The van der Waals surface area contributed by atoms with Gasteiger partial charge in [0.05, 0.1) is 11.5 Å². The molecule has 1 aliphatic heterocycles. The molecule has 1 heterocycles. The Bertz CT molecular complexity index is 598. The molecule has 1 atom stereocenters. The van der Waals surface area contributed by atoms with Crippen LogP contribution in [0.25, 0.3) is 0 Å². The van der Waals surface area contributed by atoms with Crippen LogP contribution in [0.5, 0.6) is 0 Å². The second-order valence-corrected chi connectivity index (χ2v) is 6.94. The highest BCUT2D eigenvalue weighted by atomic mass is 32.2. The average molecular weight is 312 g/mol. The number of piperidine rings is 1. The first-order chi connectivity index (χ1) is 10.0. The van der Waals surface area contributed by atoms with Gasteiger partial charge in [0.25, 0.3) is 5.91 Å². The normalized spacial score (nSPS) is 20.2. The van der Waals surface area contributed by atoms with Gasteiger partial charge in [-0.2, -0.15) is 4.31 Å². The topological polar surface area (TPSA) is 86.7 Å². The third-order valence-corrected chi connectivity index (χ3v) is 5.70.